The summed E-state index contributed by atoms with van der Waals surface area (Å²) >= 11 is 1.24. The lowest BCUT2D eigenvalue weighted by Gasteiger charge is -2.07. The van der Waals surface area contributed by atoms with Crippen LogP contribution in [0.4, 0.5) is 5.69 Å². The van der Waals surface area contributed by atoms with Crippen molar-refractivity contribution < 1.29 is 14.3 Å². The van der Waals surface area contributed by atoms with Crippen molar-refractivity contribution >= 4 is 29.3 Å². The van der Waals surface area contributed by atoms with Gasteiger partial charge in [-0.15, -0.1) is 5.10 Å². The highest BCUT2D eigenvalue weighted by Gasteiger charge is 2.12. The Morgan fingerprint density at radius 1 is 1.10 bits per heavy atom. The Labute approximate surface area is 172 Å². The van der Waals surface area contributed by atoms with Gasteiger partial charge in [0.25, 0.3) is 0 Å². The fourth-order valence-corrected chi connectivity index (χ4v) is 3.10. The fourth-order valence-electron chi connectivity index (χ4n) is 2.41. The number of hydrogen-bond acceptors (Lipinski definition) is 7. The molecule has 9 heteroatoms. The number of anilines is 1. The van der Waals surface area contributed by atoms with Crippen molar-refractivity contribution in [3.8, 4) is 5.69 Å². The summed E-state index contributed by atoms with van der Waals surface area (Å²) in [7, 11) is 0. The summed E-state index contributed by atoms with van der Waals surface area (Å²) in [5.74, 6) is -0.413. The van der Waals surface area contributed by atoms with Gasteiger partial charge in [0.1, 0.15) is 0 Å². The van der Waals surface area contributed by atoms with Gasteiger partial charge in [-0.25, -0.2) is 4.79 Å². The van der Waals surface area contributed by atoms with Crippen molar-refractivity contribution in [2.45, 2.75) is 24.9 Å². The lowest BCUT2D eigenvalue weighted by molar-refractivity contribution is -0.113. The Bertz CT molecular complexity index is 944. The van der Waals surface area contributed by atoms with Gasteiger partial charge >= 0.3 is 5.97 Å². The minimum absolute atomic E-state index is 0.147. The number of unbranched alkanes of at least 4 members (excludes halogenated alkanes) is 1. The number of aromatic nitrogens is 4. The maximum atomic E-state index is 12.2. The smallest absolute Gasteiger partial charge is 0.338 e. The van der Waals surface area contributed by atoms with E-state index in [1.54, 1.807) is 28.9 Å². The zero-order valence-electron chi connectivity index (χ0n) is 15.9. The van der Waals surface area contributed by atoms with Gasteiger partial charge in [-0.1, -0.05) is 43.3 Å². The topological polar surface area (TPSA) is 99.0 Å². The van der Waals surface area contributed by atoms with Crippen LogP contribution < -0.4 is 5.32 Å². The number of carbonyl (C=O) groups excluding carboxylic acids is 2. The average Bonchev–Trinajstić information content (AvgIpc) is 3.22. The first-order valence-corrected chi connectivity index (χ1v) is 10.2. The molecule has 0 fully saturated rings. The second kappa shape index (κ2) is 10.4. The van der Waals surface area contributed by atoms with E-state index in [1.807, 2.05) is 37.3 Å². The standard InChI is InChI=1S/C20H21N5O3S/c1-2-3-13-28-19(27)15-9-11-16(12-10-15)21-18(26)14-29-20-22-23-24-25(20)17-7-5-4-6-8-17/h4-12H,2-3,13-14H2,1H3,(H,21,26). The highest BCUT2D eigenvalue weighted by molar-refractivity contribution is 7.99. The zero-order chi connectivity index (χ0) is 20.5. The second-order valence-corrected chi connectivity index (χ2v) is 7.05. The molecular weight excluding hydrogens is 390 g/mol. The van der Waals surface area contributed by atoms with Gasteiger partial charge in [-0.05, 0) is 53.2 Å². The summed E-state index contributed by atoms with van der Waals surface area (Å²) in [4.78, 5) is 24.1. The molecule has 0 radical (unpaired) electrons. The summed E-state index contributed by atoms with van der Waals surface area (Å²) in [6.07, 6.45) is 1.80. The molecule has 1 heterocycles. The molecule has 0 unspecified atom stereocenters. The molecule has 0 saturated heterocycles. The molecule has 3 rings (SSSR count). The predicted octanol–water partition coefficient (Wildman–Crippen LogP) is 3.35. The SMILES string of the molecule is CCCCOC(=O)c1ccc(NC(=O)CSc2nnnn2-c2ccccc2)cc1. The quantitative estimate of drug-likeness (QED) is 0.327. The van der Waals surface area contributed by atoms with Crippen molar-refractivity contribution in [3.05, 3.63) is 60.2 Å². The summed E-state index contributed by atoms with van der Waals surface area (Å²) in [6, 6.07) is 16.1. The number of para-hydroxylation sites is 1. The van der Waals surface area contributed by atoms with Crippen LogP contribution in [0.25, 0.3) is 5.69 Å². The molecule has 0 aliphatic heterocycles. The zero-order valence-corrected chi connectivity index (χ0v) is 16.8. The van der Waals surface area contributed by atoms with Gasteiger partial charge in [0.15, 0.2) is 0 Å². The van der Waals surface area contributed by atoms with Crippen LogP contribution in [0.3, 0.4) is 0 Å². The van der Waals surface area contributed by atoms with Gasteiger partial charge in [0, 0.05) is 5.69 Å². The van der Waals surface area contributed by atoms with E-state index in [-0.39, 0.29) is 17.6 Å². The predicted molar refractivity (Wildman–Crippen MR) is 110 cm³/mol. The van der Waals surface area contributed by atoms with E-state index in [0.29, 0.717) is 23.0 Å². The Kier molecular flexibility index (Phi) is 7.34. The number of amides is 1. The number of hydrogen-bond donors (Lipinski definition) is 1. The number of benzene rings is 2. The molecule has 0 spiro atoms. The highest BCUT2D eigenvalue weighted by Crippen LogP contribution is 2.18. The number of ether oxygens (including phenoxy) is 1. The van der Waals surface area contributed by atoms with Crippen LogP contribution in [0.5, 0.6) is 0 Å². The molecule has 0 atom stereocenters. The lowest BCUT2D eigenvalue weighted by Crippen LogP contribution is -2.15. The third-order valence-electron chi connectivity index (χ3n) is 3.91. The number of esters is 1. The molecule has 8 nitrogen and oxygen atoms in total. The Hall–Kier alpha value is -3.20. The minimum Gasteiger partial charge on any atom is -0.462 e. The normalized spacial score (nSPS) is 10.5. The summed E-state index contributed by atoms with van der Waals surface area (Å²) in [5, 5.41) is 14.9. The molecule has 1 aromatic heterocycles. The summed E-state index contributed by atoms with van der Waals surface area (Å²) in [6.45, 7) is 2.44. The van der Waals surface area contributed by atoms with Crippen LogP contribution in [0.2, 0.25) is 0 Å². The lowest BCUT2D eigenvalue weighted by atomic mass is 10.2. The van der Waals surface area contributed by atoms with Crippen molar-refractivity contribution in [1.29, 1.82) is 0 Å². The second-order valence-electron chi connectivity index (χ2n) is 6.11. The molecule has 1 amide bonds. The Morgan fingerprint density at radius 2 is 1.86 bits per heavy atom. The first kappa shape index (κ1) is 20.5. The highest BCUT2D eigenvalue weighted by atomic mass is 32.2. The Balaban J connectivity index is 1.52. The number of tetrazole rings is 1. The van der Waals surface area contributed by atoms with E-state index in [0.717, 1.165) is 18.5 Å². The molecule has 1 N–H and O–H groups in total. The van der Waals surface area contributed by atoms with E-state index >= 15 is 0 Å². The molecule has 0 aliphatic carbocycles. The monoisotopic (exact) mass is 411 g/mol. The van der Waals surface area contributed by atoms with Gasteiger partial charge in [0.2, 0.25) is 11.1 Å². The maximum absolute atomic E-state index is 12.2. The molecule has 2 aromatic carbocycles. The van der Waals surface area contributed by atoms with E-state index in [2.05, 4.69) is 20.8 Å². The summed E-state index contributed by atoms with van der Waals surface area (Å²) in [5.41, 5.74) is 1.88. The first-order chi connectivity index (χ1) is 14.2. The van der Waals surface area contributed by atoms with Gasteiger partial charge in [-0.3, -0.25) is 4.79 Å². The summed E-state index contributed by atoms with van der Waals surface area (Å²) < 4.78 is 6.75. The van der Waals surface area contributed by atoms with Crippen LogP contribution in [0.15, 0.2) is 59.8 Å². The molecule has 0 bridgehead atoms. The van der Waals surface area contributed by atoms with Gasteiger partial charge in [0.05, 0.1) is 23.6 Å². The van der Waals surface area contributed by atoms with Crippen molar-refractivity contribution in [2.24, 2.45) is 0 Å². The number of thioether (sulfide) groups is 1. The van der Waals surface area contributed by atoms with Crippen molar-refractivity contribution in [3.63, 3.8) is 0 Å². The van der Waals surface area contributed by atoms with E-state index in [9.17, 15) is 9.59 Å². The third-order valence-corrected chi connectivity index (χ3v) is 4.83. The molecule has 3 aromatic rings. The number of carbonyl (C=O) groups is 2. The maximum Gasteiger partial charge on any atom is 0.338 e. The van der Waals surface area contributed by atoms with Crippen LogP contribution in [-0.2, 0) is 9.53 Å². The van der Waals surface area contributed by atoms with Crippen LogP contribution in [-0.4, -0.2) is 44.4 Å². The number of nitrogens with zero attached hydrogens (tertiary/aromatic N) is 4. The van der Waals surface area contributed by atoms with E-state index in [4.69, 9.17) is 4.74 Å². The minimum atomic E-state index is -0.361. The van der Waals surface area contributed by atoms with E-state index in [1.165, 1.54) is 11.8 Å². The van der Waals surface area contributed by atoms with Crippen molar-refractivity contribution in [1.82, 2.24) is 20.2 Å². The molecule has 29 heavy (non-hydrogen) atoms. The number of rotatable bonds is 9. The average molecular weight is 411 g/mol. The van der Waals surface area contributed by atoms with Gasteiger partial charge in [-0.2, -0.15) is 4.68 Å². The van der Waals surface area contributed by atoms with Crippen LogP contribution in [0, 0.1) is 0 Å². The van der Waals surface area contributed by atoms with Crippen LogP contribution >= 0.6 is 11.8 Å². The molecule has 150 valence electrons. The Morgan fingerprint density at radius 3 is 2.59 bits per heavy atom. The fraction of sp³-hybridized carbons (Fsp3) is 0.250. The molecule has 0 saturated carbocycles. The third kappa shape index (κ3) is 5.89. The first-order valence-electron chi connectivity index (χ1n) is 9.21. The van der Waals surface area contributed by atoms with Crippen LogP contribution in [0.1, 0.15) is 30.1 Å². The molecule has 0 aliphatic rings. The molecular formula is C20H21N5O3S. The largest absolute Gasteiger partial charge is 0.462 e. The van der Waals surface area contributed by atoms with Crippen molar-refractivity contribution in [2.75, 3.05) is 17.7 Å². The van der Waals surface area contributed by atoms with E-state index < -0.39 is 0 Å². The van der Waals surface area contributed by atoms with Gasteiger partial charge < -0.3 is 10.1 Å². The number of nitrogens with one attached hydrogen (secondary N) is 1.